The molecule has 7 atom stereocenters. The highest BCUT2D eigenvalue weighted by atomic mass is 19.1. The first kappa shape index (κ1) is 21.7. The van der Waals surface area contributed by atoms with Gasteiger partial charge >= 0.3 is 0 Å². The van der Waals surface area contributed by atoms with E-state index in [4.69, 9.17) is 0 Å². The van der Waals surface area contributed by atoms with Crippen molar-refractivity contribution in [3.05, 3.63) is 42.2 Å². The van der Waals surface area contributed by atoms with E-state index in [1.807, 2.05) is 11.9 Å². The smallest absolute Gasteiger partial charge is 0.246 e. The lowest BCUT2D eigenvalue weighted by Crippen LogP contribution is -2.59. The second kappa shape index (κ2) is 7.71. The largest absolute Gasteiger partial charge is 0.338 e. The number of carbonyl (C=O) groups is 2. The first-order valence-corrected chi connectivity index (χ1v) is 12.2. The van der Waals surface area contributed by atoms with Gasteiger partial charge in [0.25, 0.3) is 0 Å². The van der Waals surface area contributed by atoms with Gasteiger partial charge in [-0.2, -0.15) is 0 Å². The second-order valence-electron chi connectivity index (χ2n) is 11.2. The van der Waals surface area contributed by atoms with E-state index in [2.05, 4.69) is 25.2 Å². The van der Waals surface area contributed by atoms with Crippen LogP contribution in [0.3, 0.4) is 0 Å². The Hall–Kier alpha value is -2.17. The molecule has 1 heterocycles. The van der Waals surface area contributed by atoms with Gasteiger partial charge in [0.15, 0.2) is 0 Å². The van der Waals surface area contributed by atoms with Gasteiger partial charge in [-0.25, -0.2) is 4.39 Å². The summed E-state index contributed by atoms with van der Waals surface area (Å²) in [6, 6.07) is 6.31. The Morgan fingerprint density at radius 3 is 2.59 bits per heavy atom. The molecule has 0 radical (unpaired) electrons. The van der Waals surface area contributed by atoms with E-state index in [0.717, 1.165) is 19.3 Å². The molecule has 0 saturated heterocycles. The number of carbonyl (C=O) groups excluding carboxylic acids is 2. The molecule has 0 unspecified atom stereocenters. The van der Waals surface area contributed by atoms with Gasteiger partial charge in [-0.05, 0) is 98.0 Å². The Morgan fingerprint density at radius 1 is 1.09 bits per heavy atom. The number of amides is 2. The van der Waals surface area contributed by atoms with Crippen molar-refractivity contribution in [2.75, 3.05) is 12.4 Å². The van der Waals surface area contributed by atoms with Gasteiger partial charge in [0.05, 0.1) is 0 Å². The SMILES string of the molecule is CN1C(=O)C=C[C@]2(C)[C@H]3CC[C@]4(C)[C@@H](CC(=O)Nc5ccc(F)cc5)CC[C@H]4[C@@H]3CC[C@@H]12. The number of hydrogen-bond acceptors (Lipinski definition) is 2. The van der Waals surface area contributed by atoms with Crippen LogP contribution in [0.5, 0.6) is 0 Å². The Bertz CT molecular complexity index is 943. The fourth-order valence-corrected chi connectivity index (χ4v) is 8.15. The predicted molar refractivity (Wildman–Crippen MR) is 123 cm³/mol. The van der Waals surface area contributed by atoms with Crippen LogP contribution in [0, 0.1) is 40.3 Å². The molecule has 3 fully saturated rings. The summed E-state index contributed by atoms with van der Waals surface area (Å²) in [5.41, 5.74) is 0.920. The normalized spacial score (nSPS) is 40.4. The average Bonchev–Trinajstić information content (AvgIpc) is 3.09. The van der Waals surface area contributed by atoms with Crippen molar-refractivity contribution >= 4 is 17.5 Å². The molecule has 3 saturated carbocycles. The summed E-state index contributed by atoms with van der Waals surface area (Å²) in [5.74, 6) is 2.21. The van der Waals surface area contributed by atoms with Crippen LogP contribution in [0.15, 0.2) is 36.4 Å². The van der Waals surface area contributed by atoms with E-state index in [0.29, 0.717) is 41.8 Å². The Kier molecular flexibility index (Phi) is 5.22. The summed E-state index contributed by atoms with van der Waals surface area (Å²) in [6.07, 6.45) is 11.5. The first-order valence-electron chi connectivity index (χ1n) is 12.2. The van der Waals surface area contributed by atoms with Crippen molar-refractivity contribution in [3.8, 4) is 0 Å². The fourth-order valence-electron chi connectivity index (χ4n) is 8.15. The van der Waals surface area contributed by atoms with Gasteiger partial charge in [0.1, 0.15) is 5.82 Å². The van der Waals surface area contributed by atoms with E-state index in [-0.39, 0.29) is 28.5 Å². The Labute approximate surface area is 190 Å². The summed E-state index contributed by atoms with van der Waals surface area (Å²) in [6.45, 7) is 4.80. The monoisotopic (exact) mass is 438 g/mol. The highest BCUT2D eigenvalue weighted by molar-refractivity contribution is 5.91. The number of rotatable bonds is 3. The Balaban J connectivity index is 1.31. The zero-order chi connectivity index (χ0) is 22.7. The topological polar surface area (TPSA) is 49.4 Å². The molecular weight excluding hydrogens is 403 g/mol. The summed E-state index contributed by atoms with van der Waals surface area (Å²) >= 11 is 0. The molecule has 0 bridgehead atoms. The van der Waals surface area contributed by atoms with Gasteiger partial charge in [-0.3, -0.25) is 9.59 Å². The van der Waals surface area contributed by atoms with Crippen molar-refractivity contribution in [1.29, 1.82) is 0 Å². The molecule has 32 heavy (non-hydrogen) atoms. The van der Waals surface area contributed by atoms with Gasteiger partial charge < -0.3 is 10.2 Å². The van der Waals surface area contributed by atoms with Crippen molar-refractivity contribution in [2.24, 2.45) is 34.5 Å². The molecule has 0 aromatic heterocycles. The van der Waals surface area contributed by atoms with Crippen molar-refractivity contribution < 1.29 is 14.0 Å². The van der Waals surface area contributed by atoms with Crippen LogP contribution in [-0.2, 0) is 9.59 Å². The molecule has 1 aliphatic heterocycles. The van der Waals surface area contributed by atoms with E-state index < -0.39 is 0 Å². The number of fused-ring (bicyclic) bond motifs is 5. The van der Waals surface area contributed by atoms with Gasteiger partial charge in [-0.15, -0.1) is 0 Å². The number of nitrogens with one attached hydrogen (secondary N) is 1. The molecular formula is C27H35FN2O2. The van der Waals surface area contributed by atoms with Crippen LogP contribution in [0.4, 0.5) is 10.1 Å². The van der Waals surface area contributed by atoms with Crippen LogP contribution >= 0.6 is 0 Å². The van der Waals surface area contributed by atoms with Gasteiger partial charge in [0.2, 0.25) is 11.8 Å². The summed E-state index contributed by atoms with van der Waals surface area (Å²) < 4.78 is 13.2. The van der Waals surface area contributed by atoms with E-state index in [9.17, 15) is 14.0 Å². The zero-order valence-electron chi connectivity index (χ0n) is 19.4. The molecule has 2 amide bonds. The maximum absolute atomic E-state index is 13.2. The highest BCUT2D eigenvalue weighted by Gasteiger charge is 2.60. The van der Waals surface area contributed by atoms with Crippen LogP contribution in [0.25, 0.3) is 0 Å². The lowest BCUT2D eigenvalue weighted by Gasteiger charge is -2.60. The van der Waals surface area contributed by atoms with Crippen LogP contribution in [0.2, 0.25) is 0 Å². The van der Waals surface area contributed by atoms with Crippen molar-refractivity contribution in [2.45, 2.75) is 64.8 Å². The predicted octanol–water partition coefficient (Wildman–Crippen LogP) is 5.41. The van der Waals surface area contributed by atoms with Gasteiger partial charge in [-0.1, -0.05) is 19.9 Å². The van der Waals surface area contributed by atoms with Crippen LogP contribution in [-0.4, -0.2) is 29.8 Å². The number of anilines is 1. The molecule has 0 spiro atoms. The molecule has 1 aromatic rings. The summed E-state index contributed by atoms with van der Waals surface area (Å²) in [7, 11) is 1.97. The molecule has 172 valence electrons. The van der Waals surface area contributed by atoms with Crippen LogP contribution in [0.1, 0.15) is 58.8 Å². The highest BCUT2D eigenvalue weighted by Crippen LogP contribution is 2.65. The molecule has 3 aliphatic carbocycles. The average molecular weight is 439 g/mol. The maximum Gasteiger partial charge on any atom is 0.246 e. The van der Waals surface area contributed by atoms with Crippen molar-refractivity contribution in [3.63, 3.8) is 0 Å². The minimum atomic E-state index is -0.294. The quantitative estimate of drug-likeness (QED) is 0.686. The number of halogens is 1. The fraction of sp³-hybridized carbons (Fsp3) is 0.630. The molecule has 1 N–H and O–H groups in total. The second-order valence-corrected chi connectivity index (χ2v) is 11.2. The summed E-state index contributed by atoms with van der Waals surface area (Å²) in [4.78, 5) is 27.0. The molecule has 4 aliphatic rings. The third kappa shape index (κ3) is 3.31. The number of nitrogens with zero attached hydrogens (tertiary/aromatic N) is 1. The van der Waals surface area contributed by atoms with Crippen LogP contribution < -0.4 is 5.32 Å². The molecule has 1 aromatic carbocycles. The van der Waals surface area contributed by atoms with E-state index >= 15 is 0 Å². The first-order chi connectivity index (χ1) is 15.2. The number of hydrogen-bond donors (Lipinski definition) is 1. The van der Waals surface area contributed by atoms with Crippen molar-refractivity contribution in [1.82, 2.24) is 4.90 Å². The molecule has 5 heteroatoms. The lowest BCUT2D eigenvalue weighted by atomic mass is 9.47. The van der Waals surface area contributed by atoms with E-state index in [1.165, 1.54) is 31.4 Å². The minimum absolute atomic E-state index is 0.0385. The Morgan fingerprint density at radius 2 is 1.84 bits per heavy atom. The maximum atomic E-state index is 13.2. The molecule has 5 rings (SSSR count). The number of benzene rings is 1. The zero-order valence-corrected chi connectivity index (χ0v) is 19.4. The lowest BCUT2D eigenvalue weighted by molar-refractivity contribution is -0.139. The number of likely N-dealkylation sites (N-methyl/N-ethyl adjacent to an activating group) is 1. The minimum Gasteiger partial charge on any atom is -0.338 e. The standard InChI is InChI=1S/C27H35FN2O2/c1-26-14-12-22-20(9-11-23-27(22,2)15-13-25(32)30(23)3)21(26)10-4-17(26)16-24(31)29-19-7-5-18(28)6-8-19/h5-8,13,15,17,20-23H,4,9-12,14,16H2,1-3H3,(H,29,31)/t17-,20+,21+,22+,23-,26-,27-/m1/s1. The van der Waals surface area contributed by atoms with Gasteiger partial charge in [0, 0.05) is 30.6 Å². The third-order valence-electron chi connectivity index (χ3n) is 9.88. The third-order valence-corrected chi connectivity index (χ3v) is 9.88. The summed E-state index contributed by atoms with van der Waals surface area (Å²) in [5, 5.41) is 2.97. The van der Waals surface area contributed by atoms with E-state index in [1.54, 1.807) is 18.2 Å². The molecule has 4 nitrogen and oxygen atoms in total.